The number of hydrogen-bond acceptors (Lipinski definition) is 1. The van der Waals surface area contributed by atoms with Crippen LogP contribution in [0.2, 0.25) is 0 Å². The fourth-order valence-electron chi connectivity index (χ4n) is 0.455. The van der Waals surface area contributed by atoms with Crippen LogP contribution in [0.15, 0.2) is 24.1 Å². The van der Waals surface area contributed by atoms with Gasteiger partial charge in [0.25, 0.3) is 0 Å². The predicted octanol–water partition coefficient (Wildman–Crippen LogP) is 2.68. The SMILES string of the molecule is O=C(O)C=C/C=C(\F)C(F)(F)C(F)(F)F. The van der Waals surface area contributed by atoms with Crippen LogP contribution in [-0.4, -0.2) is 23.2 Å². The Bertz CT molecular complexity index is 301. The van der Waals surface area contributed by atoms with Crippen molar-refractivity contribution < 1.29 is 36.2 Å². The van der Waals surface area contributed by atoms with Crippen LogP contribution < -0.4 is 0 Å². The van der Waals surface area contributed by atoms with E-state index in [1.54, 1.807) is 0 Å². The molecule has 0 radical (unpaired) electrons. The lowest BCUT2D eigenvalue weighted by Crippen LogP contribution is -2.36. The average molecular weight is 234 g/mol. The molecule has 2 nitrogen and oxygen atoms in total. The highest BCUT2D eigenvalue weighted by atomic mass is 19.4. The summed E-state index contributed by atoms with van der Waals surface area (Å²) in [6.07, 6.45) is -5.87. The third kappa shape index (κ3) is 3.64. The lowest BCUT2D eigenvalue weighted by atomic mass is 10.2. The Kier molecular flexibility index (Phi) is 3.94. The first-order chi connectivity index (χ1) is 6.59. The van der Waals surface area contributed by atoms with Gasteiger partial charge in [-0.3, -0.25) is 0 Å². The van der Waals surface area contributed by atoms with Crippen molar-refractivity contribution in [3.63, 3.8) is 0 Å². The van der Waals surface area contributed by atoms with Gasteiger partial charge >= 0.3 is 18.1 Å². The molecular weight excluding hydrogens is 230 g/mol. The molecular formula is C7H4F6O2. The van der Waals surface area contributed by atoms with Crippen molar-refractivity contribution in [3.05, 3.63) is 24.1 Å². The number of carbonyl (C=O) groups is 1. The molecule has 0 aromatic carbocycles. The van der Waals surface area contributed by atoms with Crippen molar-refractivity contribution in [2.45, 2.75) is 12.1 Å². The van der Waals surface area contributed by atoms with Crippen LogP contribution in [0.25, 0.3) is 0 Å². The molecule has 0 bridgehead atoms. The van der Waals surface area contributed by atoms with Crippen molar-refractivity contribution in [2.75, 3.05) is 0 Å². The van der Waals surface area contributed by atoms with Gasteiger partial charge in [-0.2, -0.15) is 22.0 Å². The largest absolute Gasteiger partial charge is 0.478 e. The zero-order chi connectivity index (χ0) is 12.3. The van der Waals surface area contributed by atoms with Crippen LogP contribution in [-0.2, 0) is 4.79 Å². The molecule has 0 aliphatic carbocycles. The maximum atomic E-state index is 12.3. The van der Waals surface area contributed by atoms with Crippen LogP contribution in [0.4, 0.5) is 26.3 Å². The topological polar surface area (TPSA) is 37.3 Å². The van der Waals surface area contributed by atoms with E-state index in [4.69, 9.17) is 5.11 Å². The summed E-state index contributed by atoms with van der Waals surface area (Å²) >= 11 is 0. The third-order valence-corrected chi connectivity index (χ3v) is 1.14. The molecule has 0 amide bonds. The van der Waals surface area contributed by atoms with Gasteiger partial charge in [0, 0.05) is 6.08 Å². The van der Waals surface area contributed by atoms with Gasteiger partial charge in [-0.25, -0.2) is 9.18 Å². The average Bonchev–Trinajstić information content (AvgIpc) is 2.01. The van der Waals surface area contributed by atoms with E-state index in [-0.39, 0.29) is 18.2 Å². The minimum absolute atomic E-state index is 0.214. The van der Waals surface area contributed by atoms with Gasteiger partial charge in [0.1, 0.15) is 0 Å². The Hall–Kier alpha value is -1.47. The van der Waals surface area contributed by atoms with Crippen molar-refractivity contribution in [1.29, 1.82) is 0 Å². The van der Waals surface area contributed by atoms with Gasteiger partial charge in [-0.05, 0) is 6.08 Å². The molecule has 0 aromatic rings. The lowest BCUT2D eigenvalue weighted by molar-refractivity contribution is -0.270. The van der Waals surface area contributed by atoms with E-state index >= 15 is 0 Å². The van der Waals surface area contributed by atoms with E-state index in [0.717, 1.165) is 0 Å². The van der Waals surface area contributed by atoms with Gasteiger partial charge in [0.05, 0.1) is 0 Å². The summed E-state index contributed by atoms with van der Waals surface area (Å²) in [5.74, 6) is -9.99. The number of rotatable bonds is 3. The van der Waals surface area contributed by atoms with E-state index in [1.807, 2.05) is 0 Å². The van der Waals surface area contributed by atoms with E-state index in [2.05, 4.69) is 0 Å². The van der Waals surface area contributed by atoms with Gasteiger partial charge in [-0.15, -0.1) is 0 Å². The molecule has 0 atom stereocenters. The summed E-state index contributed by atoms with van der Waals surface area (Å²) in [6, 6.07) is 0. The fourth-order valence-corrected chi connectivity index (χ4v) is 0.455. The number of hydrogen-bond donors (Lipinski definition) is 1. The minimum atomic E-state index is -6.05. The van der Waals surface area contributed by atoms with E-state index < -0.39 is 23.9 Å². The van der Waals surface area contributed by atoms with Gasteiger partial charge in [0.15, 0.2) is 5.83 Å². The smallest absolute Gasteiger partial charge is 0.460 e. The monoisotopic (exact) mass is 234 g/mol. The van der Waals surface area contributed by atoms with Gasteiger partial charge in [0.2, 0.25) is 0 Å². The molecule has 0 saturated heterocycles. The molecule has 0 spiro atoms. The Morgan fingerprint density at radius 3 is 1.93 bits per heavy atom. The van der Waals surface area contributed by atoms with E-state index in [1.165, 1.54) is 0 Å². The second-order valence-electron chi connectivity index (χ2n) is 2.28. The molecule has 8 heteroatoms. The van der Waals surface area contributed by atoms with E-state index in [0.29, 0.717) is 0 Å². The second-order valence-corrected chi connectivity index (χ2v) is 2.28. The molecule has 0 fully saturated rings. The van der Waals surface area contributed by atoms with Crippen LogP contribution in [0, 0.1) is 0 Å². The standard InChI is InChI=1S/C7H4F6O2/c8-4(2-1-3-5(14)15)6(9,10)7(11,12)13/h1-3H,(H,14,15)/b3-1?,4-2-. The molecule has 86 valence electrons. The minimum Gasteiger partial charge on any atom is -0.478 e. The molecule has 0 unspecified atom stereocenters. The summed E-state index contributed by atoms with van der Waals surface area (Å²) in [6.45, 7) is 0. The van der Waals surface area contributed by atoms with E-state index in [9.17, 15) is 31.1 Å². The van der Waals surface area contributed by atoms with Crippen LogP contribution in [0.3, 0.4) is 0 Å². The van der Waals surface area contributed by atoms with Crippen LogP contribution in [0.1, 0.15) is 0 Å². The number of aliphatic carboxylic acids is 1. The molecule has 0 aromatic heterocycles. The first kappa shape index (κ1) is 13.5. The first-order valence-electron chi connectivity index (χ1n) is 3.31. The Morgan fingerprint density at radius 1 is 1.13 bits per heavy atom. The summed E-state index contributed by atoms with van der Waals surface area (Å²) in [5.41, 5.74) is 0. The normalized spacial score (nSPS) is 14.7. The Morgan fingerprint density at radius 2 is 1.60 bits per heavy atom. The summed E-state index contributed by atoms with van der Waals surface area (Å²) in [5, 5.41) is 7.94. The molecule has 0 heterocycles. The zero-order valence-electron chi connectivity index (χ0n) is 6.86. The van der Waals surface area contributed by atoms with Crippen molar-refractivity contribution in [2.24, 2.45) is 0 Å². The highest BCUT2D eigenvalue weighted by Gasteiger charge is 2.60. The molecule has 1 N–H and O–H groups in total. The summed E-state index contributed by atoms with van der Waals surface area (Å²) in [7, 11) is 0. The number of carboxylic acids is 1. The molecule has 0 rings (SSSR count). The highest BCUT2D eigenvalue weighted by molar-refractivity contribution is 5.80. The zero-order valence-corrected chi connectivity index (χ0v) is 6.86. The maximum absolute atomic E-state index is 12.3. The van der Waals surface area contributed by atoms with Crippen LogP contribution >= 0.6 is 0 Å². The van der Waals surface area contributed by atoms with Crippen molar-refractivity contribution in [3.8, 4) is 0 Å². The fraction of sp³-hybridized carbons (Fsp3) is 0.286. The first-order valence-corrected chi connectivity index (χ1v) is 3.31. The van der Waals surface area contributed by atoms with Crippen LogP contribution in [0.5, 0.6) is 0 Å². The van der Waals surface area contributed by atoms with Gasteiger partial charge < -0.3 is 5.11 Å². The number of alkyl halides is 5. The number of allylic oxidation sites excluding steroid dienone is 3. The quantitative estimate of drug-likeness (QED) is 0.463. The van der Waals surface area contributed by atoms with Crippen molar-refractivity contribution >= 4 is 5.97 Å². The number of carboxylic acid groups (broad SMARTS) is 1. The molecule has 0 aliphatic heterocycles. The van der Waals surface area contributed by atoms with Crippen molar-refractivity contribution in [1.82, 2.24) is 0 Å². The predicted molar refractivity (Wildman–Crippen MR) is 37.0 cm³/mol. The van der Waals surface area contributed by atoms with Gasteiger partial charge in [-0.1, -0.05) is 6.08 Å². The second kappa shape index (κ2) is 4.37. The Labute approximate surface area is 79.5 Å². The summed E-state index contributed by atoms with van der Waals surface area (Å²) < 4.78 is 71.0. The Balaban J connectivity index is 4.85. The highest BCUT2D eigenvalue weighted by Crippen LogP contribution is 2.41. The molecule has 0 saturated carbocycles. The molecule has 0 aliphatic rings. The maximum Gasteiger partial charge on any atom is 0.460 e. The summed E-state index contributed by atoms with van der Waals surface area (Å²) in [4.78, 5) is 9.78. The lowest BCUT2D eigenvalue weighted by Gasteiger charge is -2.16. The molecule has 15 heavy (non-hydrogen) atoms. The third-order valence-electron chi connectivity index (χ3n) is 1.14. The number of halogens is 6.